The Labute approximate surface area is 206 Å². The minimum absolute atomic E-state index is 0.0254. The topological polar surface area (TPSA) is 164 Å². The highest BCUT2D eigenvalue weighted by Gasteiger charge is 2.53. The third-order valence-corrected chi connectivity index (χ3v) is 4.63. The first kappa shape index (κ1) is 29.1. The Hall–Kier alpha value is -3.17. The molecule has 1 aromatic rings. The standard InChI is InChI=1S/C21H30FN3O11/c1-12(26)32-11-17-18(33-13(2)27)19(34-14(3)28)20(35-15(4)29)21(36-17)25-9-16(23-24-25)10-31-8-7-30-6-5-22/h9,17-21H,5-8,10-11H2,1-4H3/t17-,18-,19+,20-,21-/m1/s1/i22-1. The fraction of sp³-hybridized carbons (Fsp3) is 0.714. The van der Waals surface area contributed by atoms with Crippen LogP contribution in [0.4, 0.5) is 4.39 Å². The van der Waals surface area contributed by atoms with Crippen molar-refractivity contribution in [1.29, 1.82) is 0 Å². The molecule has 0 aromatic carbocycles. The second-order valence-corrected chi connectivity index (χ2v) is 7.63. The molecule has 0 amide bonds. The first-order valence-electron chi connectivity index (χ1n) is 11.0. The van der Waals surface area contributed by atoms with Crippen LogP contribution in [0.3, 0.4) is 0 Å². The Morgan fingerprint density at radius 3 is 2.11 bits per heavy atom. The summed E-state index contributed by atoms with van der Waals surface area (Å²) in [6.07, 6.45) is -4.79. The molecule has 0 saturated carbocycles. The van der Waals surface area contributed by atoms with Crippen LogP contribution in [-0.4, -0.2) is 96.4 Å². The predicted octanol–water partition coefficient (Wildman–Crippen LogP) is 0.0364. The molecule has 2 rings (SSSR count). The van der Waals surface area contributed by atoms with E-state index in [4.69, 9.17) is 33.2 Å². The van der Waals surface area contributed by atoms with Crippen LogP contribution < -0.4 is 0 Å². The van der Waals surface area contributed by atoms with Crippen molar-refractivity contribution in [2.75, 3.05) is 33.1 Å². The predicted molar refractivity (Wildman–Crippen MR) is 114 cm³/mol. The third-order valence-electron chi connectivity index (χ3n) is 4.63. The molecule has 0 radical (unpaired) electrons. The number of hydrogen-bond donors (Lipinski definition) is 0. The largest absolute Gasteiger partial charge is 0.463 e. The quantitative estimate of drug-likeness (QED) is 0.195. The van der Waals surface area contributed by atoms with E-state index in [1.807, 2.05) is 0 Å². The van der Waals surface area contributed by atoms with Crippen molar-refractivity contribution in [3.05, 3.63) is 11.9 Å². The lowest BCUT2D eigenvalue weighted by atomic mass is 9.97. The fourth-order valence-electron chi connectivity index (χ4n) is 3.37. The number of esters is 4. The van der Waals surface area contributed by atoms with Gasteiger partial charge in [0.2, 0.25) is 0 Å². The number of carbonyl (C=O) groups is 4. The number of halogens is 1. The normalized spacial score (nSPS) is 23.5. The summed E-state index contributed by atoms with van der Waals surface area (Å²) >= 11 is 0. The van der Waals surface area contributed by atoms with Gasteiger partial charge >= 0.3 is 23.9 Å². The van der Waals surface area contributed by atoms with Crippen LogP contribution in [0.2, 0.25) is 0 Å². The fourth-order valence-corrected chi connectivity index (χ4v) is 3.37. The molecule has 14 nitrogen and oxygen atoms in total. The summed E-state index contributed by atoms with van der Waals surface area (Å²) in [6.45, 7) is 4.01. The number of nitrogens with zero attached hydrogens (tertiary/aromatic N) is 3. The summed E-state index contributed by atoms with van der Waals surface area (Å²) in [5.41, 5.74) is 0.369. The molecular weight excluding hydrogens is 488 g/mol. The summed E-state index contributed by atoms with van der Waals surface area (Å²) in [6, 6.07) is 0. The molecule has 0 unspecified atom stereocenters. The van der Waals surface area contributed by atoms with Crippen molar-refractivity contribution in [2.24, 2.45) is 0 Å². The molecule has 36 heavy (non-hydrogen) atoms. The Kier molecular flexibility index (Phi) is 11.6. The van der Waals surface area contributed by atoms with Gasteiger partial charge in [-0.25, -0.2) is 9.07 Å². The molecule has 0 bridgehead atoms. The molecule has 1 aliphatic rings. The number of hydrogen-bond acceptors (Lipinski definition) is 13. The van der Waals surface area contributed by atoms with Crippen molar-refractivity contribution < 1.29 is 56.7 Å². The zero-order valence-corrected chi connectivity index (χ0v) is 20.4. The van der Waals surface area contributed by atoms with E-state index >= 15 is 0 Å². The summed E-state index contributed by atoms with van der Waals surface area (Å²) < 4.78 is 50.8. The van der Waals surface area contributed by atoms with E-state index in [0.717, 1.165) is 20.8 Å². The zero-order chi connectivity index (χ0) is 26.7. The molecule has 1 saturated heterocycles. The number of rotatable bonds is 13. The minimum atomic E-state index is -1.33. The molecular formula is C21H30FN3O11. The van der Waals surface area contributed by atoms with Gasteiger partial charge in [-0.15, -0.1) is 5.10 Å². The molecule has 0 N–H and O–H groups in total. The highest BCUT2D eigenvalue weighted by atomic mass is 18.2. The lowest BCUT2D eigenvalue weighted by molar-refractivity contribution is -0.270. The van der Waals surface area contributed by atoms with E-state index in [-0.39, 0.29) is 33.0 Å². The van der Waals surface area contributed by atoms with E-state index in [2.05, 4.69) is 10.3 Å². The van der Waals surface area contributed by atoms with Crippen LogP contribution >= 0.6 is 0 Å². The van der Waals surface area contributed by atoms with Crippen molar-refractivity contribution in [3.63, 3.8) is 0 Å². The molecule has 5 atom stereocenters. The Morgan fingerprint density at radius 2 is 1.50 bits per heavy atom. The van der Waals surface area contributed by atoms with Crippen molar-refractivity contribution >= 4 is 23.9 Å². The maximum atomic E-state index is 12.1. The second-order valence-electron chi connectivity index (χ2n) is 7.63. The van der Waals surface area contributed by atoms with Gasteiger partial charge in [-0.1, -0.05) is 5.21 Å². The van der Waals surface area contributed by atoms with Gasteiger partial charge in [0.05, 0.1) is 32.6 Å². The van der Waals surface area contributed by atoms with Crippen molar-refractivity contribution in [3.8, 4) is 0 Å². The molecule has 2 heterocycles. The Morgan fingerprint density at radius 1 is 0.889 bits per heavy atom. The SMILES string of the molecule is CC(=O)OC[C@H]1O[C@@H](n2cc(COCCOCC[18F])nn2)[C@H](OC(C)=O)[C@@H](OC(C)=O)[C@@H]1OC(C)=O. The molecule has 1 fully saturated rings. The van der Waals surface area contributed by atoms with Crippen molar-refractivity contribution in [1.82, 2.24) is 15.0 Å². The summed E-state index contributed by atoms with van der Waals surface area (Å²) in [5, 5.41) is 7.97. The van der Waals surface area contributed by atoms with E-state index < -0.39 is 61.2 Å². The monoisotopic (exact) mass is 518 g/mol. The van der Waals surface area contributed by atoms with Gasteiger partial charge in [0.25, 0.3) is 0 Å². The third kappa shape index (κ3) is 9.13. The van der Waals surface area contributed by atoms with Crippen LogP contribution in [0.5, 0.6) is 0 Å². The van der Waals surface area contributed by atoms with Crippen LogP contribution in [0, 0.1) is 0 Å². The maximum absolute atomic E-state index is 12.1. The van der Waals surface area contributed by atoms with Crippen LogP contribution in [0.1, 0.15) is 39.6 Å². The highest BCUT2D eigenvalue weighted by molar-refractivity contribution is 5.68. The number of aromatic nitrogens is 3. The smallest absolute Gasteiger partial charge is 0.303 e. The van der Waals surface area contributed by atoms with Crippen molar-refractivity contribution in [2.45, 2.75) is 64.9 Å². The van der Waals surface area contributed by atoms with E-state index in [1.54, 1.807) is 0 Å². The van der Waals surface area contributed by atoms with E-state index in [0.29, 0.717) is 5.69 Å². The van der Waals surface area contributed by atoms with E-state index in [1.165, 1.54) is 17.8 Å². The molecule has 1 aliphatic heterocycles. The lowest BCUT2D eigenvalue weighted by Crippen LogP contribution is -2.60. The highest BCUT2D eigenvalue weighted by Crippen LogP contribution is 2.34. The Balaban J connectivity index is 2.31. The number of ether oxygens (including phenoxy) is 7. The zero-order valence-electron chi connectivity index (χ0n) is 20.4. The first-order chi connectivity index (χ1) is 17.1. The molecule has 0 spiro atoms. The van der Waals surface area contributed by atoms with Gasteiger partial charge in [0.15, 0.2) is 24.5 Å². The summed E-state index contributed by atoms with van der Waals surface area (Å²) in [7, 11) is 0. The lowest BCUT2D eigenvalue weighted by Gasteiger charge is -2.44. The van der Waals surface area contributed by atoms with Gasteiger partial charge in [0, 0.05) is 27.7 Å². The molecule has 202 valence electrons. The van der Waals surface area contributed by atoms with Gasteiger partial charge in [-0.3, -0.25) is 19.2 Å². The molecule has 15 heteroatoms. The number of alkyl halides is 1. The number of carbonyl (C=O) groups excluding carboxylic acids is 4. The molecule has 1 aromatic heterocycles. The summed E-state index contributed by atoms with van der Waals surface area (Å²) in [4.78, 5) is 47.0. The average Bonchev–Trinajstić information content (AvgIpc) is 3.25. The first-order valence-corrected chi connectivity index (χ1v) is 11.0. The van der Waals surface area contributed by atoms with Gasteiger partial charge in [-0.2, -0.15) is 0 Å². The van der Waals surface area contributed by atoms with Gasteiger partial charge in [-0.05, 0) is 0 Å². The maximum Gasteiger partial charge on any atom is 0.303 e. The Bertz CT molecular complexity index is 896. The van der Waals surface area contributed by atoms with Gasteiger partial charge < -0.3 is 33.2 Å². The second kappa shape index (κ2) is 14.4. The summed E-state index contributed by atoms with van der Waals surface area (Å²) in [5.74, 6) is -2.84. The minimum Gasteiger partial charge on any atom is -0.463 e. The van der Waals surface area contributed by atoms with Gasteiger partial charge in [0.1, 0.15) is 25.1 Å². The average molecular weight is 518 g/mol. The van der Waals surface area contributed by atoms with Crippen LogP contribution in [0.25, 0.3) is 0 Å². The van der Waals surface area contributed by atoms with Crippen LogP contribution in [-0.2, 0) is 58.9 Å². The molecule has 0 aliphatic carbocycles. The van der Waals surface area contributed by atoms with Crippen LogP contribution in [0.15, 0.2) is 6.20 Å². The van der Waals surface area contributed by atoms with E-state index in [9.17, 15) is 23.6 Å².